The maximum Gasteiger partial charge on any atom is 0.162 e. The van der Waals surface area contributed by atoms with Crippen molar-refractivity contribution in [3.8, 4) is 11.5 Å². The molecule has 2 nitrogen and oxygen atoms in total. The topological polar surface area (TPSA) is 18.5 Å². The Labute approximate surface area is 141 Å². The molecule has 0 amide bonds. The Morgan fingerprint density at radius 1 is 1.00 bits per heavy atom. The van der Waals surface area contributed by atoms with Crippen molar-refractivity contribution < 1.29 is 9.47 Å². The van der Waals surface area contributed by atoms with Gasteiger partial charge in [0.2, 0.25) is 0 Å². The van der Waals surface area contributed by atoms with Crippen LogP contribution < -0.4 is 9.47 Å². The van der Waals surface area contributed by atoms with Crippen molar-refractivity contribution in [3.05, 3.63) is 58.1 Å². The zero-order chi connectivity index (χ0) is 14.7. The molecule has 0 aliphatic carbocycles. The SMILES string of the molecule is Brc1cc2c(cc1C(Br)Cc1ccccc1)OCCCO2. The van der Waals surface area contributed by atoms with Crippen LogP contribution in [0.1, 0.15) is 22.4 Å². The highest BCUT2D eigenvalue weighted by molar-refractivity contribution is 9.11. The molecular formula is C17H16Br2O2. The predicted molar refractivity (Wildman–Crippen MR) is 91.6 cm³/mol. The van der Waals surface area contributed by atoms with Gasteiger partial charge in [-0.15, -0.1) is 0 Å². The first-order valence-corrected chi connectivity index (χ1v) is 8.72. The fraction of sp³-hybridized carbons (Fsp3) is 0.294. The van der Waals surface area contributed by atoms with Crippen molar-refractivity contribution in [1.29, 1.82) is 0 Å². The number of fused-ring (bicyclic) bond motifs is 1. The maximum absolute atomic E-state index is 5.78. The summed E-state index contributed by atoms with van der Waals surface area (Å²) in [7, 11) is 0. The van der Waals surface area contributed by atoms with Crippen molar-refractivity contribution in [2.45, 2.75) is 17.7 Å². The quantitative estimate of drug-likeness (QED) is 0.639. The van der Waals surface area contributed by atoms with Crippen molar-refractivity contribution in [2.75, 3.05) is 13.2 Å². The maximum atomic E-state index is 5.78. The van der Waals surface area contributed by atoms with E-state index in [-0.39, 0.29) is 4.83 Å². The molecule has 1 atom stereocenters. The van der Waals surface area contributed by atoms with Crippen LogP contribution in [0.2, 0.25) is 0 Å². The highest BCUT2D eigenvalue weighted by Gasteiger charge is 2.18. The van der Waals surface area contributed by atoms with E-state index in [9.17, 15) is 0 Å². The Morgan fingerprint density at radius 2 is 1.67 bits per heavy atom. The number of alkyl halides is 1. The van der Waals surface area contributed by atoms with Crippen LogP contribution in [0.25, 0.3) is 0 Å². The third kappa shape index (κ3) is 3.61. The molecule has 110 valence electrons. The molecule has 0 saturated heterocycles. The lowest BCUT2D eigenvalue weighted by Gasteiger charge is -2.16. The van der Waals surface area contributed by atoms with Crippen LogP contribution in [0, 0.1) is 0 Å². The van der Waals surface area contributed by atoms with Crippen LogP contribution >= 0.6 is 31.9 Å². The number of ether oxygens (including phenoxy) is 2. The zero-order valence-corrected chi connectivity index (χ0v) is 14.7. The van der Waals surface area contributed by atoms with Crippen LogP contribution in [0.4, 0.5) is 0 Å². The number of rotatable bonds is 3. The monoisotopic (exact) mass is 410 g/mol. The fourth-order valence-electron chi connectivity index (χ4n) is 2.37. The van der Waals surface area contributed by atoms with Gasteiger partial charge in [-0.1, -0.05) is 62.2 Å². The molecule has 0 spiro atoms. The highest BCUT2D eigenvalue weighted by atomic mass is 79.9. The lowest BCUT2D eigenvalue weighted by molar-refractivity contribution is 0.297. The van der Waals surface area contributed by atoms with E-state index in [0.29, 0.717) is 13.2 Å². The minimum absolute atomic E-state index is 0.228. The van der Waals surface area contributed by atoms with Crippen LogP contribution in [-0.4, -0.2) is 13.2 Å². The summed E-state index contributed by atoms with van der Waals surface area (Å²) in [5.41, 5.74) is 2.49. The van der Waals surface area contributed by atoms with E-state index < -0.39 is 0 Å². The summed E-state index contributed by atoms with van der Waals surface area (Å²) in [6.07, 6.45) is 1.85. The molecule has 1 aliphatic rings. The van der Waals surface area contributed by atoms with Gasteiger partial charge in [0.25, 0.3) is 0 Å². The highest BCUT2D eigenvalue weighted by Crippen LogP contribution is 2.40. The number of hydrogen-bond donors (Lipinski definition) is 0. The molecule has 0 saturated carbocycles. The molecule has 0 bridgehead atoms. The van der Waals surface area contributed by atoms with Crippen molar-refractivity contribution in [1.82, 2.24) is 0 Å². The fourth-order valence-corrected chi connectivity index (χ4v) is 4.03. The van der Waals surface area contributed by atoms with Gasteiger partial charge in [0.05, 0.1) is 13.2 Å². The Bertz CT molecular complexity index is 614. The largest absolute Gasteiger partial charge is 0.490 e. The van der Waals surface area contributed by atoms with Gasteiger partial charge in [0, 0.05) is 15.7 Å². The van der Waals surface area contributed by atoms with Crippen LogP contribution in [0.5, 0.6) is 11.5 Å². The van der Waals surface area contributed by atoms with Gasteiger partial charge in [-0.2, -0.15) is 0 Å². The van der Waals surface area contributed by atoms with Gasteiger partial charge in [0.15, 0.2) is 11.5 Å². The molecule has 2 aromatic rings. The normalized spacial score (nSPS) is 15.3. The average Bonchev–Trinajstić information content (AvgIpc) is 2.72. The van der Waals surface area contributed by atoms with Gasteiger partial charge in [0.1, 0.15) is 0 Å². The van der Waals surface area contributed by atoms with E-state index >= 15 is 0 Å². The number of halogens is 2. The molecule has 4 heteroatoms. The Balaban J connectivity index is 1.86. The minimum atomic E-state index is 0.228. The summed E-state index contributed by atoms with van der Waals surface area (Å²) >= 11 is 7.44. The smallest absolute Gasteiger partial charge is 0.162 e. The Morgan fingerprint density at radius 3 is 2.38 bits per heavy atom. The molecule has 3 rings (SSSR count). The first-order chi connectivity index (χ1) is 10.2. The first-order valence-electron chi connectivity index (χ1n) is 7.01. The van der Waals surface area contributed by atoms with Crippen molar-refractivity contribution in [3.63, 3.8) is 0 Å². The van der Waals surface area contributed by atoms with Crippen LogP contribution in [0.3, 0.4) is 0 Å². The zero-order valence-electron chi connectivity index (χ0n) is 11.5. The van der Waals surface area contributed by atoms with Crippen LogP contribution in [0.15, 0.2) is 46.9 Å². The van der Waals surface area contributed by atoms with Gasteiger partial charge in [-0.25, -0.2) is 0 Å². The van der Waals surface area contributed by atoms with E-state index in [4.69, 9.17) is 9.47 Å². The molecule has 0 radical (unpaired) electrons. The Kier molecular flexibility index (Phi) is 4.86. The third-order valence-electron chi connectivity index (χ3n) is 3.46. The van der Waals surface area contributed by atoms with Gasteiger partial charge < -0.3 is 9.47 Å². The second kappa shape index (κ2) is 6.84. The first kappa shape index (κ1) is 14.9. The van der Waals surface area contributed by atoms with E-state index in [2.05, 4.69) is 62.2 Å². The lowest BCUT2D eigenvalue weighted by Crippen LogP contribution is -1.99. The summed E-state index contributed by atoms with van der Waals surface area (Å²) in [5.74, 6) is 1.66. The second-order valence-electron chi connectivity index (χ2n) is 5.03. The van der Waals surface area contributed by atoms with E-state index in [0.717, 1.165) is 28.8 Å². The lowest BCUT2D eigenvalue weighted by atomic mass is 10.0. The summed E-state index contributed by atoms with van der Waals surface area (Å²) in [4.78, 5) is 0.228. The Hall–Kier alpha value is -1.00. The molecule has 21 heavy (non-hydrogen) atoms. The third-order valence-corrected chi connectivity index (χ3v) is 4.97. The van der Waals surface area contributed by atoms with Gasteiger partial charge in [-0.05, 0) is 29.7 Å². The molecule has 2 aromatic carbocycles. The molecule has 1 aliphatic heterocycles. The summed E-state index contributed by atoms with van der Waals surface area (Å²) in [6, 6.07) is 14.5. The summed E-state index contributed by atoms with van der Waals surface area (Å²) in [6.45, 7) is 1.42. The molecule has 0 fully saturated rings. The standard InChI is InChI=1S/C17H16Br2O2/c18-14(9-12-5-2-1-3-6-12)13-10-16-17(11-15(13)19)21-8-4-7-20-16/h1-3,5-6,10-11,14H,4,7-9H2. The van der Waals surface area contributed by atoms with E-state index in [1.807, 2.05) is 12.1 Å². The molecular weight excluding hydrogens is 396 g/mol. The van der Waals surface area contributed by atoms with Crippen LogP contribution in [-0.2, 0) is 6.42 Å². The summed E-state index contributed by atoms with van der Waals surface area (Å²) in [5, 5.41) is 0. The van der Waals surface area contributed by atoms with Crippen molar-refractivity contribution in [2.24, 2.45) is 0 Å². The average molecular weight is 412 g/mol. The molecule has 1 unspecified atom stereocenters. The minimum Gasteiger partial charge on any atom is -0.490 e. The number of hydrogen-bond acceptors (Lipinski definition) is 2. The van der Waals surface area contributed by atoms with Crippen molar-refractivity contribution >= 4 is 31.9 Å². The van der Waals surface area contributed by atoms with Gasteiger partial charge >= 0.3 is 0 Å². The van der Waals surface area contributed by atoms with E-state index in [1.165, 1.54) is 11.1 Å². The molecule has 0 N–H and O–H groups in total. The molecule has 1 heterocycles. The molecule has 0 aromatic heterocycles. The second-order valence-corrected chi connectivity index (χ2v) is 6.99. The van der Waals surface area contributed by atoms with E-state index in [1.54, 1.807) is 0 Å². The van der Waals surface area contributed by atoms with Gasteiger partial charge in [-0.3, -0.25) is 0 Å². The number of benzene rings is 2. The predicted octanol–water partition coefficient (Wildman–Crippen LogP) is 5.29. The summed E-state index contributed by atoms with van der Waals surface area (Å²) < 4.78 is 12.5.